The number of fused-ring (bicyclic) bond motifs is 2. The summed E-state index contributed by atoms with van der Waals surface area (Å²) < 4.78 is 5.01. The van der Waals surface area contributed by atoms with Gasteiger partial charge in [-0.05, 0) is 37.3 Å². The Balaban J connectivity index is 1.53. The molecule has 138 valence electrons. The summed E-state index contributed by atoms with van der Waals surface area (Å²) in [6, 6.07) is 13.1. The number of amides is 2. The third-order valence-corrected chi connectivity index (χ3v) is 4.68. The normalized spacial score (nSPS) is 14.6. The van der Waals surface area contributed by atoms with Gasteiger partial charge in [-0.1, -0.05) is 12.1 Å². The van der Waals surface area contributed by atoms with Gasteiger partial charge < -0.3 is 14.5 Å². The van der Waals surface area contributed by atoms with E-state index in [0.29, 0.717) is 43.9 Å². The highest BCUT2D eigenvalue weighted by Gasteiger charge is 2.25. The molecule has 3 aromatic rings. The predicted molar refractivity (Wildman–Crippen MR) is 102 cm³/mol. The van der Waals surface area contributed by atoms with Crippen molar-refractivity contribution in [3.8, 4) is 0 Å². The fraction of sp³-hybridized carbons (Fsp3) is 0.300. The lowest BCUT2D eigenvalue weighted by Crippen LogP contribution is -2.50. The highest BCUT2D eigenvalue weighted by Crippen LogP contribution is 2.18. The molecule has 7 nitrogen and oxygen atoms in total. The lowest BCUT2D eigenvalue weighted by Gasteiger charge is -2.34. The predicted octanol–water partition coefficient (Wildman–Crippen LogP) is 2.70. The summed E-state index contributed by atoms with van der Waals surface area (Å²) in [6.45, 7) is 4.05. The van der Waals surface area contributed by atoms with Crippen LogP contribution >= 0.6 is 0 Å². The van der Waals surface area contributed by atoms with E-state index in [-0.39, 0.29) is 12.0 Å². The Morgan fingerprint density at radius 3 is 2.15 bits per heavy atom. The molecule has 1 aliphatic heterocycles. The van der Waals surface area contributed by atoms with E-state index in [1.54, 1.807) is 28.9 Å². The second kappa shape index (κ2) is 7.19. The maximum absolute atomic E-state index is 12.9. The van der Waals surface area contributed by atoms with E-state index in [1.165, 1.54) is 0 Å². The van der Waals surface area contributed by atoms with Crippen LogP contribution < -0.4 is 0 Å². The van der Waals surface area contributed by atoms with Crippen molar-refractivity contribution in [2.24, 2.45) is 0 Å². The van der Waals surface area contributed by atoms with Crippen molar-refractivity contribution in [1.29, 1.82) is 0 Å². The fourth-order valence-corrected chi connectivity index (χ4v) is 3.24. The number of hydrogen-bond acceptors (Lipinski definition) is 5. The van der Waals surface area contributed by atoms with Crippen LogP contribution in [-0.2, 0) is 4.74 Å². The van der Waals surface area contributed by atoms with E-state index in [4.69, 9.17) is 4.74 Å². The molecule has 1 saturated heterocycles. The average Bonchev–Trinajstić information content (AvgIpc) is 2.71. The molecule has 0 atom stereocenters. The number of aromatic nitrogens is 2. The molecular weight excluding hydrogens is 344 g/mol. The van der Waals surface area contributed by atoms with Gasteiger partial charge in [0.1, 0.15) is 0 Å². The molecule has 0 bridgehead atoms. The maximum atomic E-state index is 12.9. The van der Waals surface area contributed by atoms with Crippen LogP contribution in [0.2, 0.25) is 0 Å². The zero-order chi connectivity index (χ0) is 18.8. The molecule has 2 amide bonds. The SMILES string of the molecule is CCOC(=O)N1CCN(C(=O)c2ccc3nc4ccccc4nc3c2)CC1. The summed E-state index contributed by atoms with van der Waals surface area (Å²) in [7, 11) is 0. The van der Waals surface area contributed by atoms with Crippen LogP contribution in [0.5, 0.6) is 0 Å². The van der Waals surface area contributed by atoms with E-state index in [0.717, 1.165) is 16.6 Å². The molecule has 2 heterocycles. The van der Waals surface area contributed by atoms with Crippen molar-refractivity contribution in [3.63, 3.8) is 0 Å². The van der Waals surface area contributed by atoms with Crippen molar-refractivity contribution in [2.75, 3.05) is 32.8 Å². The van der Waals surface area contributed by atoms with Gasteiger partial charge >= 0.3 is 6.09 Å². The van der Waals surface area contributed by atoms with E-state index < -0.39 is 0 Å². The number of piperazine rings is 1. The van der Waals surface area contributed by atoms with Crippen LogP contribution in [0.25, 0.3) is 22.1 Å². The molecule has 0 aliphatic carbocycles. The van der Waals surface area contributed by atoms with E-state index in [9.17, 15) is 9.59 Å². The Morgan fingerprint density at radius 2 is 1.48 bits per heavy atom. The number of benzene rings is 2. The number of ether oxygens (including phenoxy) is 1. The van der Waals surface area contributed by atoms with Crippen LogP contribution in [0, 0.1) is 0 Å². The van der Waals surface area contributed by atoms with Gasteiger partial charge in [0.2, 0.25) is 0 Å². The zero-order valence-corrected chi connectivity index (χ0v) is 15.1. The molecule has 0 spiro atoms. The second-order valence-electron chi connectivity index (χ2n) is 6.39. The van der Waals surface area contributed by atoms with Crippen LogP contribution in [0.15, 0.2) is 42.5 Å². The first-order chi connectivity index (χ1) is 13.2. The first-order valence-electron chi connectivity index (χ1n) is 9.03. The molecule has 0 unspecified atom stereocenters. The smallest absolute Gasteiger partial charge is 0.409 e. The molecule has 0 N–H and O–H groups in total. The third kappa shape index (κ3) is 3.40. The van der Waals surface area contributed by atoms with Gasteiger partial charge in [-0.2, -0.15) is 0 Å². The summed E-state index contributed by atoms with van der Waals surface area (Å²) in [5.74, 6) is -0.0598. The first-order valence-corrected chi connectivity index (χ1v) is 9.03. The molecule has 1 fully saturated rings. The fourth-order valence-electron chi connectivity index (χ4n) is 3.24. The molecule has 1 aliphatic rings. The largest absolute Gasteiger partial charge is 0.450 e. The standard InChI is InChI=1S/C20H20N4O3/c1-2-27-20(26)24-11-9-23(10-12-24)19(25)14-7-8-17-18(13-14)22-16-6-4-3-5-15(16)21-17/h3-8,13H,2,9-12H2,1H3. The summed E-state index contributed by atoms with van der Waals surface area (Å²) >= 11 is 0. The third-order valence-electron chi connectivity index (χ3n) is 4.68. The Morgan fingerprint density at radius 1 is 0.889 bits per heavy atom. The molecule has 4 rings (SSSR count). The van der Waals surface area contributed by atoms with Crippen molar-refractivity contribution in [3.05, 3.63) is 48.0 Å². The molecule has 0 saturated carbocycles. The van der Waals surface area contributed by atoms with Gasteiger partial charge in [-0.3, -0.25) is 4.79 Å². The summed E-state index contributed by atoms with van der Waals surface area (Å²) in [5, 5.41) is 0. The summed E-state index contributed by atoms with van der Waals surface area (Å²) in [4.78, 5) is 37.2. The van der Waals surface area contributed by atoms with E-state index in [2.05, 4.69) is 9.97 Å². The minimum Gasteiger partial charge on any atom is -0.450 e. The lowest BCUT2D eigenvalue weighted by atomic mass is 10.1. The molecular formula is C20H20N4O3. The summed E-state index contributed by atoms with van der Waals surface area (Å²) in [5.41, 5.74) is 3.68. The summed E-state index contributed by atoms with van der Waals surface area (Å²) in [6.07, 6.45) is -0.322. The molecule has 1 aromatic heterocycles. The number of carbonyl (C=O) groups excluding carboxylic acids is 2. The van der Waals surface area contributed by atoms with Crippen LogP contribution in [0.1, 0.15) is 17.3 Å². The van der Waals surface area contributed by atoms with Crippen LogP contribution in [0.3, 0.4) is 0 Å². The number of para-hydroxylation sites is 2. The van der Waals surface area contributed by atoms with Crippen molar-refractivity contribution in [2.45, 2.75) is 6.92 Å². The van der Waals surface area contributed by atoms with E-state index >= 15 is 0 Å². The van der Waals surface area contributed by atoms with Gasteiger partial charge in [0.05, 0.1) is 28.7 Å². The first kappa shape index (κ1) is 17.2. The Bertz CT molecular complexity index is 1010. The van der Waals surface area contributed by atoms with Crippen molar-refractivity contribution < 1.29 is 14.3 Å². The van der Waals surface area contributed by atoms with Gasteiger partial charge in [0.15, 0.2) is 0 Å². The van der Waals surface area contributed by atoms with Crippen LogP contribution in [-0.4, -0.2) is 64.6 Å². The Kier molecular flexibility index (Phi) is 4.58. The van der Waals surface area contributed by atoms with Gasteiger partial charge in [0.25, 0.3) is 5.91 Å². The van der Waals surface area contributed by atoms with E-state index in [1.807, 2.05) is 30.3 Å². The molecule has 7 heteroatoms. The quantitative estimate of drug-likeness (QED) is 0.654. The zero-order valence-electron chi connectivity index (χ0n) is 15.1. The van der Waals surface area contributed by atoms with Crippen molar-refractivity contribution in [1.82, 2.24) is 19.8 Å². The van der Waals surface area contributed by atoms with Crippen molar-refractivity contribution >= 4 is 34.1 Å². The topological polar surface area (TPSA) is 75.6 Å². The molecule has 2 aromatic carbocycles. The van der Waals surface area contributed by atoms with Gasteiger partial charge in [-0.25, -0.2) is 14.8 Å². The highest BCUT2D eigenvalue weighted by molar-refractivity contribution is 5.98. The number of hydrogen-bond donors (Lipinski definition) is 0. The van der Waals surface area contributed by atoms with Gasteiger partial charge in [0, 0.05) is 31.7 Å². The lowest BCUT2D eigenvalue weighted by molar-refractivity contribution is 0.0570. The Labute approximate surface area is 156 Å². The highest BCUT2D eigenvalue weighted by atomic mass is 16.6. The number of nitrogens with zero attached hydrogens (tertiary/aromatic N) is 4. The molecule has 27 heavy (non-hydrogen) atoms. The second-order valence-corrected chi connectivity index (χ2v) is 6.39. The van der Waals surface area contributed by atoms with Gasteiger partial charge in [-0.15, -0.1) is 0 Å². The maximum Gasteiger partial charge on any atom is 0.409 e. The van der Waals surface area contributed by atoms with Crippen LogP contribution in [0.4, 0.5) is 4.79 Å². The monoisotopic (exact) mass is 364 g/mol. The average molecular weight is 364 g/mol. The number of rotatable bonds is 2. The Hall–Kier alpha value is -3.22. The minimum absolute atomic E-state index is 0.0598. The molecule has 0 radical (unpaired) electrons. The number of carbonyl (C=O) groups is 2. The minimum atomic E-state index is -0.322.